The largest absolute Gasteiger partial charge is 0.396 e. The monoisotopic (exact) mass is 336 g/mol. The molecule has 2 N–H and O–H groups in total. The second kappa shape index (κ2) is 18.0. The van der Waals surface area contributed by atoms with Gasteiger partial charge in [-0.1, -0.05) is 27.7 Å². The van der Waals surface area contributed by atoms with E-state index in [1.165, 1.54) is 0 Å². The number of hydrogen-bond acceptors (Lipinski definition) is 4. The van der Waals surface area contributed by atoms with E-state index in [1.807, 2.05) is 27.7 Å². The summed E-state index contributed by atoms with van der Waals surface area (Å²) >= 11 is 0. The predicted octanol–water partition coefficient (Wildman–Crippen LogP) is 2.75. The molecule has 0 rings (SSSR count). The van der Waals surface area contributed by atoms with Gasteiger partial charge in [-0.15, -0.1) is 0 Å². The second-order valence-corrected chi connectivity index (χ2v) is 5.01. The number of hydrogen-bond donors (Lipinski definition) is 2. The summed E-state index contributed by atoms with van der Waals surface area (Å²) in [5.41, 5.74) is 0. The summed E-state index contributed by atoms with van der Waals surface area (Å²) in [4.78, 5) is 22.1. The molecule has 5 heteroatoms. The average Bonchev–Trinajstić information content (AvgIpc) is 2.43. The number of Topliss-reactive ketones (excluding diaryl/α,β-unsaturated/α-hetero) is 2. The van der Waals surface area contributed by atoms with Gasteiger partial charge in [0.25, 0.3) is 0 Å². The van der Waals surface area contributed by atoms with Gasteiger partial charge in [0.2, 0.25) is 0 Å². The molecule has 124 valence electrons. The van der Waals surface area contributed by atoms with Gasteiger partial charge in [0.15, 0.2) is 0 Å². The van der Waals surface area contributed by atoms with Crippen LogP contribution in [0.25, 0.3) is 0 Å². The van der Waals surface area contributed by atoms with Crippen molar-refractivity contribution in [3.8, 4) is 0 Å². The molecule has 0 aliphatic heterocycles. The molecule has 0 spiro atoms. The molecule has 0 amide bonds. The van der Waals surface area contributed by atoms with E-state index in [1.54, 1.807) is 0 Å². The van der Waals surface area contributed by atoms with E-state index < -0.39 is 0 Å². The van der Waals surface area contributed by atoms with E-state index >= 15 is 0 Å². The zero-order valence-corrected chi connectivity index (χ0v) is 15.6. The third-order valence-corrected chi connectivity index (χ3v) is 3.33. The molecule has 0 saturated heterocycles. The van der Waals surface area contributed by atoms with Crippen molar-refractivity contribution in [2.45, 2.75) is 66.2 Å². The van der Waals surface area contributed by atoms with Crippen LogP contribution in [0.2, 0.25) is 0 Å². The van der Waals surface area contributed by atoms with Gasteiger partial charge in [0.05, 0.1) is 13.2 Å². The van der Waals surface area contributed by atoms with Crippen LogP contribution in [-0.2, 0) is 31.3 Å². The molecular formula is C16H32O4Ti. The minimum atomic E-state index is -0.111. The van der Waals surface area contributed by atoms with Crippen LogP contribution in [0.15, 0.2) is 0 Å². The number of ketones is 2. The van der Waals surface area contributed by atoms with Crippen molar-refractivity contribution in [1.29, 1.82) is 0 Å². The molecule has 0 aromatic carbocycles. The number of carbonyl (C=O) groups is 2. The molecular weight excluding hydrogens is 304 g/mol. The van der Waals surface area contributed by atoms with Crippen molar-refractivity contribution < 1.29 is 41.5 Å². The summed E-state index contributed by atoms with van der Waals surface area (Å²) in [6.07, 6.45) is 4.51. The molecule has 0 aliphatic rings. The first-order valence-corrected chi connectivity index (χ1v) is 7.79. The normalized spacial score (nSPS) is 12.5. The Labute approximate surface area is 144 Å². The van der Waals surface area contributed by atoms with Gasteiger partial charge in [-0.2, -0.15) is 0 Å². The fourth-order valence-corrected chi connectivity index (χ4v) is 1.82. The summed E-state index contributed by atoms with van der Waals surface area (Å²) in [6.45, 7) is 7.82. The fourth-order valence-electron chi connectivity index (χ4n) is 1.82. The Morgan fingerprint density at radius 3 is 1.19 bits per heavy atom. The van der Waals surface area contributed by atoms with Crippen molar-refractivity contribution in [2.24, 2.45) is 11.8 Å². The third-order valence-electron chi connectivity index (χ3n) is 3.33. The molecule has 0 bridgehead atoms. The maximum Gasteiger partial charge on any atom is 0.138 e. The van der Waals surface area contributed by atoms with Crippen LogP contribution in [0.5, 0.6) is 0 Å². The van der Waals surface area contributed by atoms with Crippen LogP contribution in [0.4, 0.5) is 0 Å². The predicted molar refractivity (Wildman–Crippen MR) is 81.6 cm³/mol. The Kier molecular flexibility index (Phi) is 22.2. The first kappa shape index (κ1) is 25.9. The maximum atomic E-state index is 11.0. The quantitative estimate of drug-likeness (QED) is 0.602. The van der Waals surface area contributed by atoms with E-state index in [9.17, 15) is 9.59 Å². The molecule has 2 atom stereocenters. The number of aliphatic hydroxyl groups excluding tert-OH is 2. The Hall–Kier alpha value is -0.0257. The Morgan fingerprint density at radius 2 is 1.05 bits per heavy atom. The maximum absolute atomic E-state index is 11.0. The van der Waals surface area contributed by atoms with Gasteiger partial charge in [-0.3, -0.25) is 9.59 Å². The van der Waals surface area contributed by atoms with E-state index in [4.69, 9.17) is 10.2 Å². The van der Waals surface area contributed by atoms with E-state index in [-0.39, 0.29) is 58.3 Å². The van der Waals surface area contributed by atoms with Gasteiger partial charge in [0.1, 0.15) is 11.6 Å². The average molecular weight is 336 g/mol. The van der Waals surface area contributed by atoms with Crippen molar-refractivity contribution in [2.75, 3.05) is 13.2 Å². The van der Waals surface area contributed by atoms with Crippen LogP contribution in [-0.4, -0.2) is 35.0 Å². The van der Waals surface area contributed by atoms with Crippen molar-refractivity contribution in [3.05, 3.63) is 0 Å². The molecule has 2 unspecified atom stereocenters. The zero-order chi connectivity index (χ0) is 16.0. The number of carbonyl (C=O) groups excluding carboxylic acids is 2. The van der Waals surface area contributed by atoms with Crippen LogP contribution in [0.1, 0.15) is 66.2 Å². The topological polar surface area (TPSA) is 74.6 Å². The van der Waals surface area contributed by atoms with Gasteiger partial charge in [-0.25, -0.2) is 0 Å². The van der Waals surface area contributed by atoms with Gasteiger partial charge >= 0.3 is 0 Å². The van der Waals surface area contributed by atoms with Crippen LogP contribution in [0.3, 0.4) is 0 Å². The molecule has 4 nitrogen and oxygen atoms in total. The van der Waals surface area contributed by atoms with E-state index in [0.717, 1.165) is 25.7 Å². The minimum Gasteiger partial charge on any atom is -0.396 e. The minimum absolute atomic E-state index is 0. The SMILES string of the molecule is CCCC(=O)C(CC)CO.CCCC(=O)C(CC)CO.[Ti]. The summed E-state index contributed by atoms with van der Waals surface area (Å²) in [5.74, 6) is 0.180. The number of rotatable bonds is 10. The van der Waals surface area contributed by atoms with E-state index in [0.29, 0.717) is 12.8 Å². The van der Waals surface area contributed by atoms with Crippen LogP contribution >= 0.6 is 0 Å². The Balaban J connectivity index is -0.000000295. The molecule has 0 aliphatic carbocycles. The molecule has 0 fully saturated rings. The first-order valence-electron chi connectivity index (χ1n) is 7.79. The standard InChI is InChI=1S/2C8H16O2.Ti/c2*1-3-5-8(10)7(4-2)6-9;/h2*7,9H,3-6H2,1-2H3;. The van der Waals surface area contributed by atoms with Gasteiger partial charge in [-0.05, 0) is 25.7 Å². The van der Waals surface area contributed by atoms with Crippen LogP contribution < -0.4 is 0 Å². The van der Waals surface area contributed by atoms with E-state index in [2.05, 4.69) is 0 Å². The summed E-state index contributed by atoms with van der Waals surface area (Å²) in [5, 5.41) is 17.4. The van der Waals surface area contributed by atoms with Crippen molar-refractivity contribution in [1.82, 2.24) is 0 Å². The Bertz CT molecular complexity index is 223. The second-order valence-electron chi connectivity index (χ2n) is 5.01. The number of aliphatic hydroxyl groups is 2. The molecule has 0 heterocycles. The molecule has 0 radical (unpaired) electrons. The Morgan fingerprint density at radius 1 is 0.762 bits per heavy atom. The van der Waals surface area contributed by atoms with Gasteiger partial charge in [0, 0.05) is 46.4 Å². The molecule has 21 heavy (non-hydrogen) atoms. The van der Waals surface area contributed by atoms with Gasteiger partial charge < -0.3 is 10.2 Å². The van der Waals surface area contributed by atoms with Crippen LogP contribution in [0, 0.1) is 11.8 Å². The fraction of sp³-hybridized carbons (Fsp3) is 0.875. The van der Waals surface area contributed by atoms with Crippen molar-refractivity contribution in [3.63, 3.8) is 0 Å². The molecule has 0 saturated carbocycles. The smallest absolute Gasteiger partial charge is 0.138 e. The third kappa shape index (κ3) is 13.4. The summed E-state index contributed by atoms with van der Waals surface area (Å²) < 4.78 is 0. The van der Waals surface area contributed by atoms with Crippen molar-refractivity contribution >= 4 is 11.6 Å². The zero-order valence-electron chi connectivity index (χ0n) is 14.0. The summed E-state index contributed by atoms with van der Waals surface area (Å²) in [6, 6.07) is 0. The molecule has 0 aromatic heterocycles. The molecule has 0 aromatic rings. The first-order chi connectivity index (χ1) is 9.51. The summed E-state index contributed by atoms with van der Waals surface area (Å²) in [7, 11) is 0.